The molecule has 5 heteroatoms. The molecule has 0 radical (unpaired) electrons. The summed E-state index contributed by atoms with van der Waals surface area (Å²) in [6.07, 6.45) is 4.97. The number of halogens is 2. The first-order valence-electron chi connectivity index (χ1n) is 5.65. The number of hydrogen-bond acceptors (Lipinski definition) is 2. The third kappa shape index (κ3) is 2.10. The monoisotopic (exact) mass is 257 g/mol. The van der Waals surface area contributed by atoms with Crippen molar-refractivity contribution in [2.75, 3.05) is 0 Å². The number of rotatable bonds is 2. The number of aromatic amines is 1. The Morgan fingerprint density at radius 3 is 2.42 bits per heavy atom. The van der Waals surface area contributed by atoms with Gasteiger partial charge < -0.3 is 0 Å². The first-order chi connectivity index (χ1) is 9.25. The van der Waals surface area contributed by atoms with E-state index in [0.29, 0.717) is 11.3 Å². The highest BCUT2D eigenvalue weighted by molar-refractivity contribution is 5.79. The minimum atomic E-state index is -0.882. The van der Waals surface area contributed by atoms with E-state index in [1.54, 1.807) is 18.6 Å². The van der Waals surface area contributed by atoms with Gasteiger partial charge >= 0.3 is 0 Å². The number of H-pyrrole nitrogens is 1. The molecule has 0 aliphatic rings. The molecule has 0 amide bonds. The Morgan fingerprint density at radius 2 is 1.68 bits per heavy atom. The molecular formula is C14H9F2N3. The molecule has 0 bridgehead atoms. The molecule has 0 saturated heterocycles. The van der Waals surface area contributed by atoms with Crippen molar-refractivity contribution in [3.05, 3.63) is 60.6 Å². The Bertz CT molecular complexity index is 708. The van der Waals surface area contributed by atoms with Gasteiger partial charge in [-0.25, -0.2) is 8.78 Å². The van der Waals surface area contributed by atoms with E-state index in [1.165, 1.54) is 6.07 Å². The molecule has 2 aromatic heterocycles. The van der Waals surface area contributed by atoms with Gasteiger partial charge in [-0.15, -0.1) is 0 Å². The molecule has 3 rings (SSSR count). The van der Waals surface area contributed by atoms with Crippen LogP contribution in [0.4, 0.5) is 8.78 Å². The average molecular weight is 257 g/mol. The highest BCUT2D eigenvalue weighted by atomic mass is 19.2. The lowest BCUT2D eigenvalue weighted by Gasteiger charge is -2.04. The fraction of sp³-hybridized carbons (Fsp3) is 0. The van der Waals surface area contributed by atoms with Crippen LogP contribution in [0, 0.1) is 11.6 Å². The summed E-state index contributed by atoms with van der Waals surface area (Å²) >= 11 is 0. The zero-order chi connectivity index (χ0) is 13.2. The van der Waals surface area contributed by atoms with E-state index >= 15 is 0 Å². The third-order valence-electron chi connectivity index (χ3n) is 2.84. The molecule has 0 saturated carbocycles. The van der Waals surface area contributed by atoms with E-state index < -0.39 is 11.6 Å². The van der Waals surface area contributed by atoms with Gasteiger partial charge in [0.15, 0.2) is 11.6 Å². The van der Waals surface area contributed by atoms with Gasteiger partial charge in [0, 0.05) is 23.5 Å². The highest BCUT2D eigenvalue weighted by Gasteiger charge is 2.11. The molecule has 3 aromatic rings. The standard InChI is InChI=1S/C14H9F2N3/c15-12-2-1-10(7-13(12)16)14-11(8-18-19-14)9-3-5-17-6-4-9/h1-8H,(H,18,19). The van der Waals surface area contributed by atoms with Gasteiger partial charge in [-0.1, -0.05) is 0 Å². The van der Waals surface area contributed by atoms with E-state index in [0.717, 1.165) is 23.3 Å². The largest absolute Gasteiger partial charge is 0.277 e. The molecule has 0 aliphatic heterocycles. The summed E-state index contributed by atoms with van der Waals surface area (Å²) in [4.78, 5) is 3.94. The van der Waals surface area contributed by atoms with E-state index in [4.69, 9.17) is 0 Å². The Labute approximate surface area is 107 Å². The fourth-order valence-corrected chi connectivity index (χ4v) is 1.91. The Hall–Kier alpha value is -2.56. The molecule has 2 heterocycles. The maximum Gasteiger partial charge on any atom is 0.159 e. The summed E-state index contributed by atoms with van der Waals surface area (Å²) in [5.41, 5.74) is 2.91. The second-order valence-electron chi connectivity index (χ2n) is 4.02. The average Bonchev–Trinajstić information content (AvgIpc) is 2.92. The second-order valence-corrected chi connectivity index (χ2v) is 4.02. The molecule has 0 aliphatic carbocycles. The lowest BCUT2D eigenvalue weighted by atomic mass is 10.0. The maximum atomic E-state index is 13.3. The number of pyridine rings is 1. The van der Waals surface area contributed by atoms with E-state index in [1.807, 2.05) is 12.1 Å². The Balaban J connectivity index is 2.12. The van der Waals surface area contributed by atoms with Crippen molar-refractivity contribution in [2.24, 2.45) is 0 Å². The Morgan fingerprint density at radius 1 is 0.895 bits per heavy atom. The van der Waals surface area contributed by atoms with Gasteiger partial charge in [0.05, 0.1) is 11.9 Å². The summed E-state index contributed by atoms with van der Waals surface area (Å²) in [6.45, 7) is 0. The zero-order valence-electron chi connectivity index (χ0n) is 9.77. The van der Waals surface area contributed by atoms with Crippen molar-refractivity contribution in [2.45, 2.75) is 0 Å². The first kappa shape index (κ1) is 11.5. The minimum Gasteiger partial charge on any atom is -0.277 e. The van der Waals surface area contributed by atoms with Gasteiger partial charge in [0.2, 0.25) is 0 Å². The van der Waals surface area contributed by atoms with E-state index in [-0.39, 0.29) is 0 Å². The summed E-state index contributed by atoms with van der Waals surface area (Å²) in [7, 11) is 0. The Kier molecular flexibility index (Phi) is 2.79. The molecule has 1 N–H and O–H groups in total. The minimum absolute atomic E-state index is 0.545. The molecule has 1 aromatic carbocycles. The van der Waals surface area contributed by atoms with Crippen LogP contribution in [0.25, 0.3) is 22.4 Å². The van der Waals surface area contributed by atoms with Crippen molar-refractivity contribution < 1.29 is 8.78 Å². The van der Waals surface area contributed by atoms with Crippen LogP contribution < -0.4 is 0 Å². The molecule has 0 fully saturated rings. The normalized spacial score (nSPS) is 10.6. The van der Waals surface area contributed by atoms with Gasteiger partial charge in [-0.2, -0.15) is 5.10 Å². The molecule has 19 heavy (non-hydrogen) atoms. The molecule has 0 atom stereocenters. The highest BCUT2D eigenvalue weighted by Crippen LogP contribution is 2.30. The number of nitrogens with zero attached hydrogens (tertiary/aromatic N) is 2. The lowest BCUT2D eigenvalue weighted by molar-refractivity contribution is 0.509. The first-order valence-corrected chi connectivity index (χ1v) is 5.65. The summed E-state index contributed by atoms with van der Waals surface area (Å²) in [5, 5.41) is 6.77. The van der Waals surface area contributed by atoms with Crippen molar-refractivity contribution >= 4 is 0 Å². The fourth-order valence-electron chi connectivity index (χ4n) is 1.91. The molecule has 0 unspecified atom stereocenters. The molecule has 94 valence electrons. The number of benzene rings is 1. The summed E-state index contributed by atoms with van der Waals surface area (Å²) in [5.74, 6) is -1.75. The van der Waals surface area contributed by atoms with Crippen LogP contribution >= 0.6 is 0 Å². The predicted molar refractivity (Wildman–Crippen MR) is 67.2 cm³/mol. The van der Waals surface area contributed by atoms with Gasteiger partial charge in [0.1, 0.15) is 0 Å². The van der Waals surface area contributed by atoms with Crippen molar-refractivity contribution in [1.29, 1.82) is 0 Å². The van der Waals surface area contributed by atoms with Crippen LogP contribution in [0.1, 0.15) is 0 Å². The quantitative estimate of drug-likeness (QED) is 0.764. The molecule has 3 nitrogen and oxygen atoms in total. The number of nitrogens with one attached hydrogen (secondary N) is 1. The van der Waals surface area contributed by atoms with Crippen LogP contribution in [-0.2, 0) is 0 Å². The van der Waals surface area contributed by atoms with Crippen molar-refractivity contribution in [3.63, 3.8) is 0 Å². The second kappa shape index (κ2) is 4.61. The van der Waals surface area contributed by atoms with Crippen LogP contribution in [-0.4, -0.2) is 15.2 Å². The topological polar surface area (TPSA) is 41.6 Å². The van der Waals surface area contributed by atoms with Gasteiger partial charge in [0.25, 0.3) is 0 Å². The third-order valence-corrected chi connectivity index (χ3v) is 2.84. The van der Waals surface area contributed by atoms with Crippen molar-refractivity contribution in [1.82, 2.24) is 15.2 Å². The van der Waals surface area contributed by atoms with Crippen LogP contribution in [0.2, 0.25) is 0 Å². The van der Waals surface area contributed by atoms with Crippen molar-refractivity contribution in [3.8, 4) is 22.4 Å². The lowest BCUT2D eigenvalue weighted by Crippen LogP contribution is -1.87. The SMILES string of the molecule is Fc1ccc(-c2[nH]ncc2-c2ccncc2)cc1F. The van der Waals surface area contributed by atoms with Gasteiger partial charge in [-0.05, 0) is 35.9 Å². The van der Waals surface area contributed by atoms with E-state index in [2.05, 4.69) is 15.2 Å². The van der Waals surface area contributed by atoms with Crippen LogP contribution in [0.3, 0.4) is 0 Å². The predicted octanol–water partition coefficient (Wildman–Crippen LogP) is 3.42. The van der Waals surface area contributed by atoms with Crippen LogP contribution in [0.15, 0.2) is 48.9 Å². The number of hydrogen-bond donors (Lipinski definition) is 1. The number of aromatic nitrogens is 3. The van der Waals surface area contributed by atoms with Gasteiger partial charge in [-0.3, -0.25) is 10.1 Å². The smallest absolute Gasteiger partial charge is 0.159 e. The zero-order valence-corrected chi connectivity index (χ0v) is 9.77. The van der Waals surface area contributed by atoms with Crippen LogP contribution in [0.5, 0.6) is 0 Å². The summed E-state index contributed by atoms with van der Waals surface area (Å²) in [6, 6.07) is 7.41. The molecular weight excluding hydrogens is 248 g/mol. The maximum absolute atomic E-state index is 13.3. The van der Waals surface area contributed by atoms with E-state index in [9.17, 15) is 8.78 Å². The molecule has 0 spiro atoms. The summed E-state index contributed by atoms with van der Waals surface area (Å²) < 4.78 is 26.2.